The van der Waals surface area contributed by atoms with Crippen LogP contribution in [0.2, 0.25) is 0 Å². The van der Waals surface area contributed by atoms with Crippen LogP contribution >= 0.6 is 0 Å². The Morgan fingerprint density at radius 2 is 2.08 bits per heavy atom. The molecule has 1 heterocycles. The maximum Gasteiger partial charge on any atom is 0.177 e. The Hall–Kier alpha value is -1.51. The van der Waals surface area contributed by atoms with E-state index >= 15 is 0 Å². The van der Waals surface area contributed by atoms with E-state index in [2.05, 4.69) is 4.98 Å². The second-order valence-corrected chi connectivity index (χ2v) is 2.63. The third-order valence-electron chi connectivity index (χ3n) is 1.80. The summed E-state index contributed by atoms with van der Waals surface area (Å²) in [4.78, 5) is 13.7. The molecule has 0 saturated carbocycles. The van der Waals surface area contributed by atoms with Gasteiger partial charge in [-0.15, -0.1) is 0 Å². The highest BCUT2D eigenvalue weighted by Gasteiger charge is 2.01. The van der Waals surface area contributed by atoms with Gasteiger partial charge in [0.05, 0.1) is 5.69 Å². The largest absolute Gasteiger partial charge is 0.353 e. The summed E-state index contributed by atoms with van der Waals surface area (Å²) >= 11 is 0. The van der Waals surface area contributed by atoms with Gasteiger partial charge in [0.2, 0.25) is 0 Å². The number of fused-ring (bicyclic) bond motifs is 1. The SMILES string of the molecule is [B]C(=O)c1cc2ccccc2[nH]1. The van der Waals surface area contributed by atoms with E-state index in [1.807, 2.05) is 24.3 Å². The number of carbonyl (C=O) groups is 1. The van der Waals surface area contributed by atoms with Gasteiger partial charge in [-0.1, -0.05) is 18.2 Å². The molecule has 2 nitrogen and oxygen atoms in total. The molecule has 1 N–H and O–H groups in total. The Morgan fingerprint density at radius 3 is 2.75 bits per heavy atom. The first-order valence-corrected chi connectivity index (χ1v) is 3.65. The first-order valence-electron chi connectivity index (χ1n) is 3.65. The summed E-state index contributed by atoms with van der Waals surface area (Å²) in [6.45, 7) is 0. The lowest BCUT2D eigenvalue weighted by molar-refractivity contribution is 0.107. The van der Waals surface area contributed by atoms with Crippen LogP contribution in [0.1, 0.15) is 10.5 Å². The monoisotopic (exact) mass is 155 g/mol. The molecule has 2 aromatic rings. The minimum Gasteiger partial charge on any atom is -0.353 e. The first-order chi connectivity index (χ1) is 5.77. The van der Waals surface area contributed by atoms with E-state index in [1.165, 1.54) is 0 Å². The van der Waals surface area contributed by atoms with Crippen molar-refractivity contribution in [1.82, 2.24) is 4.98 Å². The van der Waals surface area contributed by atoms with Crippen molar-refractivity contribution in [3.05, 3.63) is 36.0 Å². The molecule has 2 rings (SSSR count). The van der Waals surface area contributed by atoms with Crippen molar-refractivity contribution in [1.29, 1.82) is 0 Å². The number of carbonyl (C=O) groups excluding carboxylic acids is 1. The standard InChI is InChI=1S/C9H6BNO/c10-9(12)8-5-6-3-1-2-4-7(6)11-8/h1-5,11H. The molecular weight excluding hydrogens is 149 g/mol. The fourth-order valence-corrected chi connectivity index (χ4v) is 1.21. The van der Waals surface area contributed by atoms with E-state index in [4.69, 9.17) is 7.85 Å². The fraction of sp³-hybridized carbons (Fsp3) is 0. The van der Waals surface area contributed by atoms with Gasteiger partial charge in [0.25, 0.3) is 0 Å². The zero-order valence-corrected chi connectivity index (χ0v) is 6.37. The van der Waals surface area contributed by atoms with Gasteiger partial charge >= 0.3 is 0 Å². The normalized spacial score (nSPS) is 10.3. The average Bonchev–Trinajstić information content (AvgIpc) is 2.46. The Kier molecular flexibility index (Phi) is 1.50. The zero-order chi connectivity index (χ0) is 8.55. The van der Waals surface area contributed by atoms with Gasteiger partial charge in [-0.2, -0.15) is 0 Å². The number of benzene rings is 1. The Balaban J connectivity index is 2.70. The van der Waals surface area contributed by atoms with E-state index < -0.39 is 5.68 Å². The van der Waals surface area contributed by atoms with Crippen LogP contribution in [0.25, 0.3) is 10.9 Å². The van der Waals surface area contributed by atoms with Gasteiger partial charge < -0.3 is 9.78 Å². The molecule has 0 aliphatic rings. The second kappa shape index (κ2) is 2.52. The third kappa shape index (κ3) is 1.03. The Labute approximate surface area is 71.0 Å². The average molecular weight is 155 g/mol. The van der Waals surface area contributed by atoms with Crippen LogP contribution in [0.3, 0.4) is 0 Å². The minimum atomic E-state index is -0.425. The van der Waals surface area contributed by atoms with Crippen LogP contribution in [-0.2, 0) is 0 Å². The van der Waals surface area contributed by atoms with Crippen molar-refractivity contribution in [2.75, 3.05) is 0 Å². The summed E-state index contributed by atoms with van der Waals surface area (Å²) in [6, 6.07) is 9.41. The number of para-hydroxylation sites is 1. The number of hydrogen-bond acceptors (Lipinski definition) is 1. The molecule has 1 aromatic carbocycles. The van der Waals surface area contributed by atoms with Gasteiger partial charge in [-0.3, -0.25) is 0 Å². The molecule has 0 unspecified atom stereocenters. The van der Waals surface area contributed by atoms with Crippen molar-refractivity contribution in [3.8, 4) is 0 Å². The van der Waals surface area contributed by atoms with Gasteiger partial charge in [-0.25, -0.2) is 0 Å². The van der Waals surface area contributed by atoms with E-state index in [0.29, 0.717) is 5.69 Å². The number of aromatic nitrogens is 1. The van der Waals surface area contributed by atoms with E-state index in [1.54, 1.807) is 6.07 Å². The summed E-state index contributed by atoms with van der Waals surface area (Å²) in [5.74, 6) is 0. The molecule has 0 aliphatic carbocycles. The number of hydrogen-bond donors (Lipinski definition) is 1. The maximum absolute atomic E-state index is 10.8. The van der Waals surface area contributed by atoms with Gasteiger partial charge in [0, 0.05) is 10.9 Å². The van der Waals surface area contributed by atoms with Crippen LogP contribution in [0.15, 0.2) is 30.3 Å². The van der Waals surface area contributed by atoms with Gasteiger partial charge in [0.15, 0.2) is 7.85 Å². The summed E-state index contributed by atoms with van der Waals surface area (Å²) in [5, 5.41) is 1.01. The van der Waals surface area contributed by atoms with Crippen molar-refractivity contribution < 1.29 is 4.79 Å². The van der Waals surface area contributed by atoms with Crippen LogP contribution in [0.5, 0.6) is 0 Å². The third-order valence-corrected chi connectivity index (χ3v) is 1.80. The van der Waals surface area contributed by atoms with Crippen molar-refractivity contribution in [2.24, 2.45) is 0 Å². The van der Waals surface area contributed by atoms with Crippen molar-refractivity contribution in [2.45, 2.75) is 0 Å². The molecule has 0 amide bonds. The lowest BCUT2D eigenvalue weighted by Gasteiger charge is -1.85. The summed E-state index contributed by atoms with van der Waals surface area (Å²) in [7, 11) is 5.11. The van der Waals surface area contributed by atoms with Crippen LogP contribution < -0.4 is 0 Å². The molecule has 2 radical (unpaired) electrons. The highest BCUT2D eigenvalue weighted by Crippen LogP contribution is 2.13. The van der Waals surface area contributed by atoms with E-state index in [0.717, 1.165) is 10.9 Å². The zero-order valence-electron chi connectivity index (χ0n) is 6.37. The predicted molar refractivity (Wildman–Crippen MR) is 48.4 cm³/mol. The van der Waals surface area contributed by atoms with E-state index in [9.17, 15) is 4.79 Å². The van der Waals surface area contributed by atoms with Gasteiger partial charge in [0.1, 0.15) is 5.68 Å². The van der Waals surface area contributed by atoms with Gasteiger partial charge in [-0.05, 0) is 12.1 Å². The number of nitrogens with one attached hydrogen (secondary N) is 1. The van der Waals surface area contributed by atoms with Crippen LogP contribution in [-0.4, -0.2) is 18.5 Å². The smallest absolute Gasteiger partial charge is 0.177 e. The topological polar surface area (TPSA) is 32.9 Å². The predicted octanol–water partition coefficient (Wildman–Crippen LogP) is 1.48. The molecule has 0 atom stereocenters. The van der Waals surface area contributed by atoms with Crippen LogP contribution in [0, 0.1) is 0 Å². The maximum atomic E-state index is 10.8. The quantitative estimate of drug-likeness (QED) is 0.621. The Bertz CT molecular complexity index is 400. The highest BCUT2D eigenvalue weighted by atomic mass is 16.1. The van der Waals surface area contributed by atoms with Crippen molar-refractivity contribution >= 4 is 24.4 Å². The number of aromatic amines is 1. The molecule has 0 fully saturated rings. The van der Waals surface area contributed by atoms with Crippen molar-refractivity contribution in [3.63, 3.8) is 0 Å². The first kappa shape index (κ1) is 7.16. The fourth-order valence-electron chi connectivity index (χ4n) is 1.21. The lowest BCUT2D eigenvalue weighted by atomic mass is 10.00. The number of rotatable bonds is 1. The summed E-state index contributed by atoms with van der Waals surface area (Å²) in [5.41, 5.74) is 0.966. The molecule has 0 spiro atoms. The lowest BCUT2D eigenvalue weighted by Crippen LogP contribution is -1.96. The second-order valence-electron chi connectivity index (χ2n) is 2.63. The Morgan fingerprint density at radius 1 is 1.33 bits per heavy atom. The van der Waals surface area contributed by atoms with E-state index in [-0.39, 0.29) is 0 Å². The molecule has 0 aliphatic heterocycles. The molecule has 12 heavy (non-hydrogen) atoms. The highest BCUT2D eigenvalue weighted by molar-refractivity contribution is 6.62. The molecule has 56 valence electrons. The minimum absolute atomic E-state index is 0.425. The number of H-pyrrole nitrogens is 1. The van der Waals surface area contributed by atoms with Crippen LogP contribution in [0.4, 0.5) is 0 Å². The molecule has 0 saturated heterocycles. The summed E-state index contributed by atoms with van der Waals surface area (Å²) < 4.78 is 0. The molecule has 3 heteroatoms. The summed E-state index contributed by atoms with van der Waals surface area (Å²) in [6.07, 6.45) is 0. The molecule has 0 bridgehead atoms. The molecule has 1 aromatic heterocycles. The molecular formula is C9H6BNO.